The van der Waals surface area contributed by atoms with E-state index in [0.717, 1.165) is 50.5 Å². The number of fused-ring (bicyclic) bond motifs is 5. The highest BCUT2D eigenvalue weighted by molar-refractivity contribution is 7.08. The average molecular weight is 516 g/mol. The molecule has 5 aliphatic rings. The van der Waals surface area contributed by atoms with E-state index >= 15 is 0 Å². The topological polar surface area (TPSA) is 41.9 Å². The lowest BCUT2D eigenvalue weighted by molar-refractivity contribution is -0.165. The van der Waals surface area contributed by atoms with E-state index in [9.17, 15) is 5.11 Å². The lowest BCUT2D eigenvalue weighted by atomic mass is 9.44. The van der Waals surface area contributed by atoms with Gasteiger partial charge in [-0.25, -0.2) is 0 Å². The van der Waals surface area contributed by atoms with E-state index in [1.165, 1.54) is 82.9 Å². The molecule has 6 rings (SSSR count). The van der Waals surface area contributed by atoms with Gasteiger partial charge in [0.2, 0.25) is 0 Å². The van der Waals surface area contributed by atoms with Gasteiger partial charge >= 0.3 is 0 Å². The fraction of sp³-hybridized carbons (Fsp3) is 0.871. The van der Waals surface area contributed by atoms with Crippen LogP contribution in [-0.4, -0.2) is 55.6 Å². The highest BCUT2D eigenvalue weighted by Gasteiger charge is 2.65. The highest BCUT2D eigenvalue weighted by Crippen LogP contribution is 2.70. The second-order valence-corrected chi connectivity index (χ2v) is 14.2. The largest absolute Gasteiger partial charge is 0.385 e. The zero-order valence-electron chi connectivity index (χ0n) is 22.8. The zero-order valence-corrected chi connectivity index (χ0v) is 23.6. The minimum absolute atomic E-state index is 0.0352. The molecule has 0 spiro atoms. The lowest BCUT2D eigenvalue weighted by Crippen LogP contribution is -2.56. The van der Waals surface area contributed by atoms with Gasteiger partial charge in [0, 0.05) is 12.0 Å². The Morgan fingerprint density at radius 2 is 1.81 bits per heavy atom. The molecule has 1 saturated heterocycles. The minimum Gasteiger partial charge on any atom is -0.385 e. The van der Waals surface area contributed by atoms with Gasteiger partial charge in [-0.15, -0.1) is 0 Å². The maximum atomic E-state index is 12.0. The molecule has 1 aromatic rings. The van der Waals surface area contributed by atoms with Crippen LogP contribution in [0.15, 0.2) is 16.8 Å². The summed E-state index contributed by atoms with van der Waals surface area (Å²) in [7, 11) is 0. The maximum Gasteiger partial charge on any atom is 0.0960 e. The SMILES string of the molecule is C[C@]12CC[C@H](OCCOCCN3CCCC3)C[C@H]1CC[C@@H]1[C@@H]2CC[C@@]2(C)[C@H]1CC[C@@]2(O)c1ccsc1. The van der Waals surface area contributed by atoms with Crippen LogP contribution >= 0.6 is 11.3 Å². The van der Waals surface area contributed by atoms with Gasteiger partial charge < -0.3 is 19.5 Å². The molecule has 1 aromatic heterocycles. The van der Waals surface area contributed by atoms with Gasteiger partial charge in [0.15, 0.2) is 0 Å². The summed E-state index contributed by atoms with van der Waals surface area (Å²) in [6, 6.07) is 2.18. The highest BCUT2D eigenvalue weighted by atomic mass is 32.1. The summed E-state index contributed by atoms with van der Waals surface area (Å²) in [4.78, 5) is 2.52. The molecule has 0 unspecified atom stereocenters. The molecule has 2 heterocycles. The van der Waals surface area contributed by atoms with Crippen LogP contribution in [-0.2, 0) is 15.1 Å². The van der Waals surface area contributed by atoms with E-state index in [1.807, 2.05) is 0 Å². The molecule has 202 valence electrons. The molecule has 0 amide bonds. The molecule has 1 aliphatic heterocycles. The summed E-state index contributed by atoms with van der Waals surface area (Å²) in [5.74, 6) is 3.09. The lowest BCUT2D eigenvalue weighted by Gasteiger charge is -2.61. The first-order valence-electron chi connectivity index (χ1n) is 15.1. The van der Waals surface area contributed by atoms with Gasteiger partial charge in [0.25, 0.3) is 0 Å². The van der Waals surface area contributed by atoms with Crippen molar-refractivity contribution in [1.29, 1.82) is 0 Å². The molecular formula is C31H49NO3S. The summed E-state index contributed by atoms with van der Waals surface area (Å²) in [6.45, 7) is 11.0. The van der Waals surface area contributed by atoms with Gasteiger partial charge in [0.1, 0.15) is 0 Å². The molecule has 36 heavy (non-hydrogen) atoms. The standard InChI is InChI=1S/C31H49NO3S/c1-29-11-7-25(35-19-18-34-17-16-32-14-3-4-15-32)21-23(29)5-6-26-27(29)8-12-30(2)28(26)9-13-31(30,33)24-10-20-36-22-24/h10,20,22-23,25-28,33H,3-9,11-19,21H2,1-2H3/t23-,25+,26-,27+,28+,29+,30+,31-/m1/s1. The number of rotatable bonds is 8. The van der Waals surface area contributed by atoms with Gasteiger partial charge in [-0.05, 0) is 135 Å². The first kappa shape index (κ1) is 25.8. The molecule has 0 radical (unpaired) electrons. The number of hydrogen-bond acceptors (Lipinski definition) is 5. The molecule has 5 fully saturated rings. The molecule has 8 atom stereocenters. The Labute approximate surface area is 223 Å². The van der Waals surface area contributed by atoms with Crippen molar-refractivity contribution in [2.45, 2.75) is 96.2 Å². The van der Waals surface area contributed by atoms with Crippen LogP contribution < -0.4 is 0 Å². The number of aliphatic hydroxyl groups is 1. The minimum atomic E-state index is -0.623. The Kier molecular flexibility index (Phi) is 7.35. The van der Waals surface area contributed by atoms with Gasteiger partial charge in [-0.2, -0.15) is 11.3 Å². The van der Waals surface area contributed by atoms with E-state index in [1.54, 1.807) is 11.3 Å². The number of ether oxygens (including phenoxy) is 2. The Balaban J connectivity index is 1.02. The Hall–Kier alpha value is -0.460. The van der Waals surface area contributed by atoms with E-state index in [2.05, 4.69) is 35.6 Å². The predicted octanol–water partition coefficient (Wildman–Crippen LogP) is 6.48. The summed E-state index contributed by atoms with van der Waals surface area (Å²) in [6.07, 6.45) is 14.2. The molecule has 4 aliphatic carbocycles. The smallest absolute Gasteiger partial charge is 0.0960 e. The number of hydrogen-bond donors (Lipinski definition) is 1. The Morgan fingerprint density at radius 3 is 2.61 bits per heavy atom. The van der Waals surface area contributed by atoms with Crippen LogP contribution in [0.1, 0.15) is 90.0 Å². The third kappa shape index (κ3) is 4.33. The van der Waals surface area contributed by atoms with E-state index in [4.69, 9.17) is 9.47 Å². The van der Waals surface area contributed by atoms with Crippen molar-refractivity contribution in [3.63, 3.8) is 0 Å². The quantitative estimate of drug-likeness (QED) is 0.403. The van der Waals surface area contributed by atoms with Gasteiger partial charge in [-0.3, -0.25) is 0 Å². The first-order valence-corrected chi connectivity index (χ1v) is 16.1. The van der Waals surface area contributed by atoms with Crippen LogP contribution in [0, 0.1) is 34.5 Å². The van der Waals surface area contributed by atoms with Crippen LogP contribution in [0.2, 0.25) is 0 Å². The van der Waals surface area contributed by atoms with Crippen molar-refractivity contribution >= 4 is 11.3 Å². The fourth-order valence-corrected chi connectivity index (χ4v) is 10.7. The zero-order chi connectivity index (χ0) is 24.8. The summed E-state index contributed by atoms with van der Waals surface area (Å²) in [5, 5.41) is 16.3. The monoisotopic (exact) mass is 515 g/mol. The van der Waals surface area contributed by atoms with Crippen molar-refractivity contribution in [3.05, 3.63) is 22.4 Å². The van der Waals surface area contributed by atoms with Crippen molar-refractivity contribution in [3.8, 4) is 0 Å². The van der Waals surface area contributed by atoms with Crippen molar-refractivity contribution in [2.75, 3.05) is 39.5 Å². The van der Waals surface area contributed by atoms with E-state index < -0.39 is 5.60 Å². The van der Waals surface area contributed by atoms with Gasteiger partial charge in [-0.1, -0.05) is 13.8 Å². The van der Waals surface area contributed by atoms with Crippen LogP contribution in [0.25, 0.3) is 0 Å². The second-order valence-electron chi connectivity index (χ2n) is 13.5. The maximum absolute atomic E-state index is 12.0. The third-order valence-electron chi connectivity index (χ3n) is 12.1. The molecule has 5 heteroatoms. The Morgan fingerprint density at radius 1 is 0.972 bits per heavy atom. The van der Waals surface area contributed by atoms with Crippen LogP contribution in [0.5, 0.6) is 0 Å². The molecule has 1 N–H and O–H groups in total. The molecule has 0 aromatic carbocycles. The van der Waals surface area contributed by atoms with Crippen LogP contribution in [0.4, 0.5) is 0 Å². The molecule has 4 saturated carbocycles. The molecule has 0 bridgehead atoms. The number of thiophene rings is 1. The third-order valence-corrected chi connectivity index (χ3v) is 12.8. The van der Waals surface area contributed by atoms with Crippen molar-refractivity contribution in [1.82, 2.24) is 4.90 Å². The number of likely N-dealkylation sites (tertiary alicyclic amines) is 1. The van der Waals surface area contributed by atoms with Crippen molar-refractivity contribution in [2.24, 2.45) is 34.5 Å². The van der Waals surface area contributed by atoms with Gasteiger partial charge in [0.05, 0.1) is 31.5 Å². The first-order chi connectivity index (χ1) is 17.4. The fourth-order valence-electron chi connectivity index (χ4n) is 9.94. The summed E-state index contributed by atoms with van der Waals surface area (Å²) in [5.41, 5.74) is 1.06. The van der Waals surface area contributed by atoms with E-state index in [0.29, 0.717) is 17.4 Å². The number of nitrogens with zero attached hydrogens (tertiary/aromatic N) is 1. The average Bonchev–Trinajstić information content (AvgIpc) is 3.64. The predicted molar refractivity (Wildman–Crippen MR) is 146 cm³/mol. The summed E-state index contributed by atoms with van der Waals surface area (Å²) < 4.78 is 12.3. The normalized spacial score (nSPS) is 44.8. The van der Waals surface area contributed by atoms with Crippen LogP contribution in [0.3, 0.4) is 0 Å². The van der Waals surface area contributed by atoms with E-state index in [-0.39, 0.29) is 5.41 Å². The van der Waals surface area contributed by atoms with Crippen molar-refractivity contribution < 1.29 is 14.6 Å². The summed E-state index contributed by atoms with van der Waals surface area (Å²) >= 11 is 1.73. The Bertz CT molecular complexity index is 871. The second kappa shape index (κ2) is 10.3. The molecular weight excluding hydrogens is 466 g/mol. The molecule has 4 nitrogen and oxygen atoms in total.